The number of carbonyl (C=O) groups is 4. The van der Waals surface area contributed by atoms with Gasteiger partial charge >= 0.3 is 11.9 Å². The minimum atomic E-state index is -1.64. The topological polar surface area (TPSA) is 163 Å². The van der Waals surface area contributed by atoms with Crippen LogP contribution in [0.15, 0.2) is 82.4 Å². The third-order valence-corrected chi connectivity index (χ3v) is 9.59. The van der Waals surface area contributed by atoms with Gasteiger partial charge in [-0.15, -0.1) is 23.1 Å². The van der Waals surface area contributed by atoms with E-state index in [1.54, 1.807) is 20.8 Å². The van der Waals surface area contributed by atoms with E-state index >= 15 is 0 Å². The second-order valence-electron chi connectivity index (χ2n) is 11.7. The number of nitrogen functional groups attached to an aromatic ring is 1. The summed E-state index contributed by atoms with van der Waals surface area (Å²) < 4.78 is 11.3. The highest BCUT2D eigenvalue weighted by Crippen LogP contribution is 2.44. The first kappa shape index (κ1) is 33.9. The maximum absolute atomic E-state index is 13.8. The van der Waals surface area contributed by atoms with Gasteiger partial charge in [0.2, 0.25) is 6.61 Å². The van der Waals surface area contributed by atoms with Gasteiger partial charge in [0, 0.05) is 22.4 Å². The zero-order valence-corrected chi connectivity index (χ0v) is 28.1. The molecule has 3 N–H and O–H groups in total. The molecule has 2 aliphatic heterocycles. The number of nitrogens with one attached hydrogen (secondary N) is 1. The number of fused-ring (bicyclic) bond motifs is 1. The van der Waals surface area contributed by atoms with Crippen LogP contribution in [0.4, 0.5) is 5.13 Å². The molecule has 1 unspecified atom stereocenters. The predicted molar refractivity (Wildman–Crippen MR) is 178 cm³/mol. The normalized spacial score (nSPS) is 19.3. The molecule has 2 amide bonds. The summed E-state index contributed by atoms with van der Waals surface area (Å²) in [6, 6.07) is 18.4. The molecule has 246 valence electrons. The molecule has 3 heterocycles. The average Bonchev–Trinajstić information content (AvgIpc) is 3.49. The van der Waals surface area contributed by atoms with Crippen LogP contribution in [0.3, 0.4) is 0 Å². The molecule has 1 saturated heterocycles. The van der Waals surface area contributed by atoms with E-state index in [-0.39, 0.29) is 16.5 Å². The van der Waals surface area contributed by atoms with Crippen LogP contribution < -0.4 is 11.1 Å². The Morgan fingerprint density at radius 1 is 1.13 bits per heavy atom. The molecule has 12 nitrogen and oxygen atoms in total. The number of anilines is 1. The van der Waals surface area contributed by atoms with Crippen molar-refractivity contribution in [3.63, 3.8) is 0 Å². The van der Waals surface area contributed by atoms with E-state index in [0.29, 0.717) is 10.8 Å². The molecule has 47 heavy (non-hydrogen) atoms. The van der Waals surface area contributed by atoms with Crippen LogP contribution in [0, 0.1) is 5.41 Å². The van der Waals surface area contributed by atoms with Crippen molar-refractivity contribution in [2.45, 2.75) is 37.8 Å². The molecule has 0 aliphatic carbocycles. The van der Waals surface area contributed by atoms with Crippen LogP contribution in [0.25, 0.3) is 0 Å². The van der Waals surface area contributed by atoms with Crippen LogP contribution in [0.2, 0.25) is 0 Å². The van der Waals surface area contributed by atoms with Crippen LogP contribution in [0.1, 0.15) is 43.7 Å². The maximum atomic E-state index is 13.8. The summed E-state index contributed by atoms with van der Waals surface area (Å²) in [5.74, 6) is -2.32. The summed E-state index contributed by atoms with van der Waals surface area (Å²) >= 11 is 8.52. The summed E-state index contributed by atoms with van der Waals surface area (Å²) in [6.07, 6.45) is 0.779. The SMILES string of the molecule is CC(C)(C)C(=O)OCC1(NC(=O)C(=NOCC(=O)OC(c2ccccc2)c2ccccc2)c2csc(N)n2)C(=O)N2C=C(Cl)CS[C@H]21. The Kier molecular flexibility index (Phi) is 10.2. The van der Waals surface area contributed by atoms with Crippen molar-refractivity contribution in [2.75, 3.05) is 24.7 Å². The summed E-state index contributed by atoms with van der Waals surface area (Å²) in [5, 5.41) is 8.11. The number of hydrogen-bond acceptors (Lipinski definition) is 12. The fraction of sp³-hybridized carbons (Fsp3) is 0.312. The first-order valence-electron chi connectivity index (χ1n) is 14.4. The molecule has 3 aromatic rings. The van der Waals surface area contributed by atoms with Gasteiger partial charge in [0.05, 0.1) is 5.41 Å². The number of amides is 2. The minimum absolute atomic E-state index is 0.0505. The van der Waals surface area contributed by atoms with Gasteiger partial charge in [-0.25, -0.2) is 9.78 Å². The Labute approximate surface area is 284 Å². The quantitative estimate of drug-likeness (QED) is 0.128. The molecule has 0 bridgehead atoms. The van der Waals surface area contributed by atoms with Gasteiger partial charge in [0.1, 0.15) is 17.7 Å². The highest BCUT2D eigenvalue weighted by Gasteiger charge is 2.64. The fourth-order valence-corrected chi connectivity index (χ4v) is 6.81. The molecule has 15 heteroatoms. The maximum Gasteiger partial charge on any atom is 0.347 e. The zero-order valence-electron chi connectivity index (χ0n) is 25.7. The molecular weight excluding hydrogens is 666 g/mol. The van der Waals surface area contributed by atoms with E-state index in [0.717, 1.165) is 22.5 Å². The van der Waals surface area contributed by atoms with E-state index in [1.807, 2.05) is 60.7 Å². The highest BCUT2D eigenvalue weighted by atomic mass is 35.5. The lowest BCUT2D eigenvalue weighted by atomic mass is 9.88. The number of halogens is 1. The molecule has 1 fully saturated rings. The van der Waals surface area contributed by atoms with Gasteiger partial charge in [-0.2, -0.15) is 0 Å². The van der Waals surface area contributed by atoms with Gasteiger partial charge in [-0.3, -0.25) is 14.4 Å². The van der Waals surface area contributed by atoms with Gasteiger partial charge < -0.3 is 30.3 Å². The second-order valence-corrected chi connectivity index (χ2v) is 14.1. The van der Waals surface area contributed by atoms with Crippen LogP contribution >= 0.6 is 34.7 Å². The number of rotatable bonds is 11. The Balaban J connectivity index is 1.35. The Bertz CT molecular complexity index is 1670. The molecule has 1 aromatic heterocycles. The van der Waals surface area contributed by atoms with E-state index in [4.69, 9.17) is 31.6 Å². The first-order chi connectivity index (χ1) is 22.4. The van der Waals surface area contributed by atoms with E-state index in [2.05, 4.69) is 15.5 Å². The van der Waals surface area contributed by atoms with Gasteiger partial charge in [-0.1, -0.05) is 77.4 Å². The Morgan fingerprint density at radius 2 is 1.77 bits per heavy atom. The number of benzene rings is 2. The molecular formula is C32H32ClN5O7S2. The average molecular weight is 698 g/mol. The number of nitrogens with two attached hydrogens (primary N) is 1. The standard InChI is InChI=1S/C32H32ClN5O7S2/c1-31(2,3)29(42)43-18-32(27(41)38-14-21(33)16-46-28(32)38)36-26(40)24(22-17-47-30(34)35-22)37-44-15-23(39)45-25(19-10-6-4-7-11-19)20-12-8-5-9-13-20/h4-14,17,25,28H,15-16,18H2,1-3H3,(H2,34,35)(H,36,40)/t28-,32?/m0/s1. The molecule has 0 saturated carbocycles. The third-order valence-electron chi connectivity index (χ3n) is 7.10. The highest BCUT2D eigenvalue weighted by molar-refractivity contribution is 8.00. The van der Waals surface area contributed by atoms with E-state index < -0.39 is 59.4 Å². The summed E-state index contributed by atoms with van der Waals surface area (Å²) in [4.78, 5) is 63.8. The van der Waals surface area contributed by atoms with Gasteiger partial charge in [0.15, 0.2) is 22.5 Å². The molecule has 0 spiro atoms. The first-order valence-corrected chi connectivity index (χ1v) is 16.7. The van der Waals surface area contributed by atoms with Crippen molar-refractivity contribution >= 4 is 69.3 Å². The van der Waals surface area contributed by atoms with Crippen molar-refractivity contribution in [2.24, 2.45) is 10.6 Å². The van der Waals surface area contributed by atoms with Gasteiger partial charge in [-0.05, 0) is 31.9 Å². The number of hydrogen-bond donors (Lipinski definition) is 2. The summed E-state index contributed by atoms with van der Waals surface area (Å²) in [6.45, 7) is 3.95. The van der Waals surface area contributed by atoms with Crippen molar-refractivity contribution < 1.29 is 33.5 Å². The second kappa shape index (κ2) is 14.2. The molecule has 0 radical (unpaired) electrons. The number of aromatic nitrogens is 1. The van der Waals surface area contributed by atoms with Crippen LogP contribution in [-0.2, 0) is 33.5 Å². The van der Waals surface area contributed by atoms with Crippen LogP contribution in [0.5, 0.6) is 0 Å². The number of ether oxygens (including phenoxy) is 2. The Hall–Kier alpha value is -4.40. The van der Waals surface area contributed by atoms with Crippen molar-refractivity contribution in [1.29, 1.82) is 0 Å². The predicted octanol–water partition coefficient (Wildman–Crippen LogP) is 4.22. The summed E-state index contributed by atoms with van der Waals surface area (Å²) in [7, 11) is 0. The number of oxime groups is 1. The van der Waals surface area contributed by atoms with Crippen molar-refractivity contribution in [1.82, 2.24) is 15.2 Å². The van der Waals surface area contributed by atoms with Crippen molar-refractivity contribution in [3.8, 4) is 0 Å². The molecule has 5 rings (SSSR count). The monoisotopic (exact) mass is 697 g/mol. The minimum Gasteiger partial charge on any atom is -0.462 e. The fourth-order valence-electron chi connectivity index (χ4n) is 4.75. The molecule has 2 aliphatic rings. The van der Waals surface area contributed by atoms with Gasteiger partial charge in [0.25, 0.3) is 11.8 Å². The number of carbonyl (C=O) groups excluding carboxylic acids is 4. The number of thioether (sulfide) groups is 1. The zero-order chi connectivity index (χ0) is 33.8. The number of β-lactam (4-membered cyclic amide) rings is 1. The Morgan fingerprint density at radius 3 is 2.34 bits per heavy atom. The lowest BCUT2D eigenvalue weighted by Crippen LogP contribution is -2.80. The number of thiazole rings is 1. The lowest BCUT2D eigenvalue weighted by Gasteiger charge is -2.55. The smallest absolute Gasteiger partial charge is 0.347 e. The summed E-state index contributed by atoms with van der Waals surface area (Å²) in [5.41, 5.74) is 4.54. The molecule has 2 aromatic carbocycles. The van der Waals surface area contributed by atoms with E-state index in [9.17, 15) is 19.2 Å². The lowest BCUT2D eigenvalue weighted by molar-refractivity contribution is -0.167. The largest absolute Gasteiger partial charge is 0.462 e. The third kappa shape index (κ3) is 7.61. The van der Waals surface area contributed by atoms with E-state index in [1.165, 1.54) is 28.2 Å². The van der Waals surface area contributed by atoms with Crippen molar-refractivity contribution in [3.05, 3.63) is 94.1 Å². The molecule has 2 atom stereocenters. The number of esters is 2. The van der Waals surface area contributed by atoms with Crippen LogP contribution in [-0.4, -0.2) is 69.2 Å². The number of nitrogens with zero attached hydrogens (tertiary/aromatic N) is 3.